The summed E-state index contributed by atoms with van der Waals surface area (Å²) in [7, 11) is 0. The fraction of sp³-hybridized carbons (Fsp3) is 0.353. The maximum atomic E-state index is 12.1. The number of benzene rings is 1. The Labute approximate surface area is 129 Å². The van der Waals surface area contributed by atoms with Crippen molar-refractivity contribution in [3.63, 3.8) is 0 Å². The molecule has 0 spiro atoms. The Hall–Kier alpha value is -2.43. The van der Waals surface area contributed by atoms with Crippen molar-refractivity contribution in [2.75, 3.05) is 5.32 Å². The minimum Gasteiger partial charge on any atom is -0.326 e. The van der Waals surface area contributed by atoms with E-state index in [1.54, 1.807) is 13.8 Å². The van der Waals surface area contributed by atoms with Gasteiger partial charge in [-0.1, -0.05) is 26.0 Å². The first-order valence-electron chi connectivity index (χ1n) is 7.33. The lowest BCUT2D eigenvalue weighted by Crippen LogP contribution is -2.24. The van der Waals surface area contributed by atoms with Crippen LogP contribution in [0.4, 0.5) is 5.69 Å². The number of H-pyrrole nitrogens is 1. The lowest BCUT2D eigenvalue weighted by molar-refractivity contribution is -0.115. The molecule has 116 valence electrons. The number of rotatable bonds is 4. The molecule has 0 aliphatic rings. The van der Waals surface area contributed by atoms with Gasteiger partial charge in [0.1, 0.15) is 5.82 Å². The van der Waals surface area contributed by atoms with Crippen molar-refractivity contribution in [1.82, 2.24) is 9.97 Å². The minimum atomic E-state index is -0.254. The van der Waals surface area contributed by atoms with Gasteiger partial charge in [-0.05, 0) is 37.5 Å². The summed E-state index contributed by atoms with van der Waals surface area (Å²) in [4.78, 5) is 30.8. The highest BCUT2D eigenvalue weighted by molar-refractivity contribution is 5.92. The van der Waals surface area contributed by atoms with Gasteiger partial charge in [-0.2, -0.15) is 0 Å². The van der Waals surface area contributed by atoms with Crippen molar-refractivity contribution in [2.24, 2.45) is 0 Å². The summed E-state index contributed by atoms with van der Waals surface area (Å²) in [5.74, 6) is 0.775. The van der Waals surface area contributed by atoms with Gasteiger partial charge in [0.15, 0.2) is 0 Å². The molecule has 0 bridgehead atoms. The zero-order valence-electron chi connectivity index (χ0n) is 13.4. The summed E-state index contributed by atoms with van der Waals surface area (Å²) >= 11 is 0. The number of amides is 1. The van der Waals surface area contributed by atoms with Crippen molar-refractivity contribution in [2.45, 2.75) is 40.0 Å². The molecule has 1 aromatic heterocycles. The first kappa shape index (κ1) is 15.9. The fourth-order valence-electron chi connectivity index (χ4n) is 2.28. The Kier molecular flexibility index (Phi) is 4.75. The lowest BCUT2D eigenvalue weighted by Gasteiger charge is -2.09. The van der Waals surface area contributed by atoms with Gasteiger partial charge >= 0.3 is 0 Å². The Morgan fingerprint density at radius 2 is 1.86 bits per heavy atom. The van der Waals surface area contributed by atoms with E-state index >= 15 is 0 Å². The molecule has 0 fully saturated rings. The number of carbonyl (C=O) groups is 1. The third kappa shape index (κ3) is 3.81. The highest BCUT2D eigenvalue weighted by atomic mass is 16.2. The van der Waals surface area contributed by atoms with E-state index in [0.29, 0.717) is 23.0 Å². The lowest BCUT2D eigenvalue weighted by atomic mass is 10.0. The summed E-state index contributed by atoms with van der Waals surface area (Å²) in [6.07, 6.45) is 0.0143. The van der Waals surface area contributed by atoms with Crippen molar-refractivity contribution < 1.29 is 4.79 Å². The van der Waals surface area contributed by atoms with E-state index in [4.69, 9.17) is 0 Å². The van der Waals surface area contributed by atoms with Crippen molar-refractivity contribution in [3.8, 4) is 0 Å². The van der Waals surface area contributed by atoms with Crippen LogP contribution in [0.5, 0.6) is 0 Å². The average Bonchev–Trinajstić information content (AvgIpc) is 2.43. The highest BCUT2D eigenvalue weighted by Crippen LogP contribution is 2.17. The molecule has 22 heavy (non-hydrogen) atoms. The van der Waals surface area contributed by atoms with Crippen LogP contribution in [0.15, 0.2) is 29.1 Å². The van der Waals surface area contributed by atoms with E-state index in [0.717, 1.165) is 5.69 Å². The molecular formula is C17H21N3O2. The third-order valence-corrected chi connectivity index (χ3v) is 3.54. The number of nitrogens with one attached hydrogen (secondary N) is 2. The number of aromatic amines is 1. The van der Waals surface area contributed by atoms with Gasteiger partial charge in [-0.3, -0.25) is 9.59 Å². The van der Waals surface area contributed by atoms with E-state index in [1.165, 1.54) is 5.56 Å². The molecule has 0 saturated heterocycles. The molecule has 2 N–H and O–H groups in total. The van der Waals surface area contributed by atoms with Crippen LogP contribution in [-0.4, -0.2) is 15.9 Å². The topological polar surface area (TPSA) is 74.8 Å². The second kappa shape index (κ2) is 6.56. The molecule has 0 atom stereocenters. The van der Waals surface area contributed by atoms with Gasteiger partial charge in [0.25, 0.3) is 5.56 Å². The normalized spacial score (nSPS) is 10.8. The van der Waals surface area contributed by atoms with E-state index in [1.807, 2.05) is 24.3 Å². The second-order valence-electron chi connectivity index (χ2n) is 5.72. The summed E-state index contributed by atoms with van der Waals surface area (Å²) in [5, 5.41) is 2.81. The van der Waals surface area contributed by atoms with E-state index in [9.17, 15) is 9.59 Å². The Morgan fingerprint density at radius 3 is 2.41 bits per heavy atom. The summed E-state index contributed by atoms with van der Waals surface area (Å²) in [6, 6.07) is 7.73. The number of aryl methyl sites for hydroxylation is 2. The van der Waals surface area contributed by atoms with Crippen LogP contribution in [0.2, 0.25) is 0 Å². The SMILES string of the molecule is Cc1nc(C)c(CC(=O)Nc2ccc(C(C)C)cc2)c(=O)[nH]1. The predicted octanol–water partition coefficient (Wildman–Crippen LogP) is 2.69. The van der Waals surface area contributed by atoms with Gasteiger partial charge in [-0.25, -0.2) is 4.98 Å². The molecule has 1 aromatic carbocycles. The monoisotopic (exact) mass is 299 g/mol. The van der Waals surface area contributed by atoms with Gasteiger partial charge < -0.3 is 10.3 Å². The van der Waals surface area contributed by atoms with Crippen molar-refractivity contribution in [3.05, 3.63) is 57.3 Å². The number of carbonyl (C=O) groups excluding carboxylic acids is 1. The van der Waals surface area contributed by atoms with Gasteiger partial charge in [-0.15, -0.1) is 0 Å². The quantitative estimate of drug-likeness (QED) is 0.911. The van der Waals surface area contributed by atoms with Crippen LogP contribution in [-0.2, 0) is 11.2 Å². The van der Waals surface area contributed by atoms with Crippen LogP contribution in [0.1, 0.15) is 42.4 Å². The number of aromatic nitrogens is 2. The first-order chi connectivity index (χ1) is 10.4. The molecule has 2 aromatic rings. The number of hydrogen-bond donors (Lipinski definition) is 2. The van der Waals surface area contributed by atoms with Crippen molar-refractivity contribution >= 4 is 11.6 Å². The molecule has 0 saturated carbocycles. The summed E-state index contributed by atoms with van der Waals surface area (Å²) < 4.78 is 0. The Bertz CT molecular complexity index is 731. The smallest absolute Gasteiger partial charge is 0.254 e. The van der Waals surface area contributed by atoms with E-state index < -0.39 is 0 Å². The van der Waals surface area contributed by atoms with Crippen LogP contribution >= 0.6 is 0 Å². The first-order valence-corrected chi connectivity index (χ1v) is 7.33. The summed E-state index contributed by atoms with van der Waals surface area (Å²) in [6.45, 7) is 7.69. The number of nitrogens with zero attached hydrogens (tertiary/aromatic N) is 1. The molecule has 0 aliphatic carbocycles. The second-order valence-corrected chi connectivity index (χ2v) is 5.72. The number of hydrogen-bond acceptors (Lipinski definition) is 3. The molecule has 1 amide bonds. The van der Waals surface area contributed by atoms with Gasteiger partial charge in [0.2, 0.25) is 5.91 Å². The highest BCUT2D eigenvalue weighted by Gasteiger charge is 2.12. The van der Waals surface area contributed by atoms with Crippen molar-refractivity contribution in [1.29, 1.82) is 0 Å². The van der Waals surface area contributed by atoms with Gasteiger partial charge in [0.05, 0.1) is 6.42 Å². The largest absolute Gasteiger partial charge is 0.326 e. The third-order valence-electron chi connectivity index (χ3n) is 3.54. The zero-order chi connectivity index (χ0) is 16.3. The molecule has 0 unspecified atom stereocenters. The molecule has 0 radical (unpaired) electrons. The van der Waals surface area contributed by atoms with Crippen LogP contribution in [0.3, 0.4) is 0 Å². The number of anilines is 1. The molecule has 2 rings (SSSR count). The van der Waals surface area contributed by atoms with Crippen LogP contribution in [0, 0.1) is 13.8 Å². The Balaban J connectivity index is 2.09. The van der Waals surface area contributed by atoms with Crippen LogP contribution in [0.25, 0.3) is 0 Å². The molecule has 5 heteroatoms. The molecule has 5 nitrogen and oxygen atoms in total. The molecule has 0 aliphatic heterocycles. The van der Waals surface area contributed by atoms with E-state index in [2.05, 4.69) is 29.1 Å². The zero-order valence-corrected chi connectivity index (χ0v) is 13.4. The molecular weight excluding hydrogens is 278 g/mol. The Morgan fingerprint density at radius 1 is 1.23 bits per heavy atom. The minimum absolute atomic E-state index is 0.0143. The standard InChI is InChI=1S/C17H21N3O2/c1-10(2)13-5-7-14(8-6-13)20-16(21)9-15-11(3)18-12(4)19-17(15)22/h5-8,10H,9H2,1-4H3,(H,20,21)(H,18,19,22). The maximum absolute atomic E-state index is 12.1. The van der Waals surface area contributed by atoms with Crippen LogP contribution < -0.4 is 10.9 Å². The van der Waals surface area contributed by atoms with E-state index in [-0.39, 0.29) is 17.9 Å². The van der Waals surface area contributed by atoms with Gasteiger partial charge in [0, 0.05) is 16.9 Å². The molecule has 1 heterocycles. The summed E-state index contributed by atoms with van der Waals surface area (Å²) in [5.41, 5.74) is 2.68. The predicted molar refractivity (Wildman–Crippen MR) is 87.2 cm³/mol. The maximum Gasteiger partial charge on any atom is 0.254 e. The fourth-order valence-corrected chi connectivity index (χ4v) is 2.28. The average molecular weight is 299 g/mol.